The minimum absolute atomic E-state index is 0.0449. The third-order valence-corrected chi connectivity index (χ3v) is 6.11. The van der Waals surface area contributed by atoms with Gasteiger partial charge in [0.25, 0.3) is 5.91 Å². The molecule has 1 aromatic heterocycles. The maximum absolute atomic E-state index is 13.2. The van der Waals surface area contributed by atoms with Crippen LogP contribution in [0.1, 0.15) is 61.5 Å². The molecule has 1 heterocycles. The summed E-state index contributed by atoms with van der Waals surface area (Å²) in [5, 5.41) is 0. The highest BCUT2D eigenvalue weighted by Crippen LogP contribution is 2.31. The number of unbranched alkanes of at least 4 members (excludes halogenated alkanes) is 1. The number of hydrogen-bond acceptors (Lipinski definition) is 3. The number of hydrogen-bond donors (Lipinski definition) is 0. The fraction of sp³-hybridized carbons (Fsp3) is 0.520. The van der Waals surface area contributed by atoms with E-state index in [-0.39, 0.29) is 24.4 Å². The molecule has 4 rings (SSSR count). The Morgan fingerprint density at radius 1 is 1.03 bits per heavy atom. The average Bonchev–Trinajstić information content (AvgIpc) is 3.70. The first kappa shape index (κ1) is 21.5. The fourth-order valence-electron chi connectivity index (χ4n) is 3.83. The third-order valence-electron chi connectivity index (χ3n) is 6.11. The van der Waals surface area contributed by atoms with Gasteiger partial charge in [-0.15, -0.1) is 0 Å². The van der Waals surface area contributed by atoms with E-state index in [0.717, 1.165) is 50.0 Å². The van der Waals surface area contributed by atoms with Crippen molar-refractivity contribution < 1.29 is 14.3 Å². The van der Waals surface area contributed by atoms with Crippen molar-refractivity contribution in [2.45, 2.75) is 64.1 Å². The molecule has 0 aliphatic heterocycles. The molecule has 166 valence electrons. The number of nitrogens with zero attached hydrogens (tertiary/aromatic N) is 3. The van der Waals surface area contributed by atoms with Crippen LogP contribution in [0.2, 0.25) is 0 Å². The van der Waals surface area contributed by atoms with Crippen molar-refractivity contribution in [2.24, 2.45) is 7.05 Å². The van der Waals surface area contributed by atoms with E-state index in [0.29, 0.717) is 24.8 Å². The number of ether oxygens (including phenoxy) is 1. The van der Waals surface area contributed by atoms with Gasteiger partial charge in [0.05, 0.1) is 13.2 Å². The molecule has 6 nitrogen and oxygen atoms in total. The first-order chi connectivity index (χ1) is 15.1. The number of benzene rings is 1. The molecule has 1 aromatic carbocycles. The van der Waals surface area contributed by atoms with E-state index in [1.807, 2.05) is 48.5 Å². The Morgan fingerprint density at radius 2 is 1.71 bits per heavy atom. The van der Waals surface area contributed by atoms with Crippen molar-refractivity contribution in [3.8, 4) is 5.75 Å². The van der Waals surface area contributed by atoms with Gasteiger partial charge in [-0.1, -0.05) is 13.3 Å². The van der Waals surface area contributed by atoms with E-state index in [1.54, 1.807) is 4.90 Å². The lowest BCUT2D eigenvalue weighted by atomic mass is 10.2. The summed E-state index contributed by atoms with van der Waals surface area (Å²) in [7, 11) is 2.00. The van der Waals surface area contributed by atoms with E-state index in [4.69, 9.17) is 4.74 Å². The molecular weight excluding hydrogens is 390 g/mol. The average molecular weight is 424 g/mol. The smallest absolute Gasteiger partial charge is 0.254 e. The Balaban J connectivity index is 1.41. The van der Waals surface area contributed by atoms with E-state index < -0.39 is 0 Å². The van der Waals surface area contributed by atoms with E-state index in [2.05, 4.69) is 17.6 Å². The maximum Gasteiger partial charge on any atom is 0.254 e. The zero-order valence-electron chi connectivity index (χ0n) is 18.6. The molecule has 0 unspecified atom stereocenters. The van der Waals surface area contributed by atoms with Crippen LogP contribution in [0.15, 0.2) is 42.6 Å². The molecule has 6 heteroatoms. The molecule has 0 atom stereocenters. The molecule has 2 aromatic rings. The van der Waals surface area contributed by atoms with Gasteiger partial charge < -0.3 is 19.1 Å². The Kier molecular flexibility index (Phi) is 6.64. The van der Waals surface area contributed by atoms with Gasteiger partial charge in [0, 0.05) is 36.6 Å². The van der Waals surface area contributed by atoms with Gasteiger partial charge in [-0.05, 0) is 68.5 Å². The van der Waals surface area contributed by atoms with E-state index in [9.17, 15) is 9.59 Å². The predicted octanol–water partition coefficient (Wildman–Crippen LogP) is 4.00. The van der Waals surface area contributed by atoms with Gasteiger partial charge in [0.15, 0.2) is 0 Å². The largest absolute Gasteiger partial charge is 0.494 e. The standard InChI is InChI=1S/C25H33N3O3/c1-3-4-16-31-23-13-7-19(8-14-23)25(30)28(21-11-12-21)18-24(29)27(20-9-10-20)17-22-6-5-15-26(22)2/h5-8,13-15,20-21H,3-4,9-12,16-18H2,1-2H3. The fourth-order valence-corrected chi connectivity index (χ4v) is 3.83. The topological polar surface area (TPSA) is 54.8 Å². The minimum Gasteiger partial charge on any atom is -0.494 e. The molecule has 2 saturated carbocycles. The van der Waals surface area contributed by atoms with Gasteiger partial charge in [-0.2, -0.15) is 0 Å². The van der Waals surface area contributed by atoms with Crippen molar-refractivity contribution in [3.63, 3.8) is 0 Å². The summed E-state index contributed by atoms with van der Waals surface area (Å²) in [5.74, 6) is 0.760. The van der Waals surface area contributed by atoms with Crippen molar-refractivity contribution in [3.05, 3.63) is 53.9 Å². The zero-order valence-corrected chi connectivity index (χ0v) is 18.6. The number of carbonyl (C=O) groups excluding carboxylic acids is 2. The predicted molar refractivity (Wildman–Crippen MR) is 120 cm³/mol. The van der Waals surface area contributed by atoms with E-state index >= 15 is 0 Å². The van der Waals surface area contributed by atoms with Crippen molar-refractivity contribution >= 4 is 11.8 Å². The van der Waals surface area contributed by atoms with Gasteiger partial charge in [-0.3, -0.25) is 9.59 Å². The SMILES string of the molecule is CCCCOc1ccc(C(=O)N(CC(=O)N(Cc2cccn2C)C2CC2)C2CC2)cc1. The third kappa shape index (κ3) is 5.49. The van der Waals surface area contributed by atoms with Gasteiger partial charge >= 0.3 is 0 Å². The number of aromatic nitrogens is 1. The van der Waals surface area contributed by atoms with Crippen LogP contribution in [0, 0.1) is 0 Å². The molecule has 2 amide bonds. The Hall–Kier alpha value is -2.76. The van der Waals surface area contributed by atoms with Gasteiger partial charge in [-0.25, -0.2) is 0 Å². The normalized spacial score (nSPS) is 15.5. The quantitative estimate of drug-likeness (QED) is 0.514. The number of carbonyl (C=O) groups is 2. The Morgan fingerprint density at radius 3 is 2.29 bits per heavy atom. The van der Waals surface area contributed by atoms with Crippen LogP contribution >= 0.6 is 0 Å². The first-order valence-electron chi connectivity index (χ1n) is 11.5. The van der Waals surface area contributed by atoms with Crippen LogP contribution in [-0.2, 0) is 18.4 Å². The lowest BCUT2D eigenvalue weighted by Crippen LogP contribution is -2.44. The summed E-state index contributed by atoms with van der Waals surface area (Å²) >= 11 is 0. The molecule has 0 spiro atoms. The van der Waals surface area contributed by atoms with Crippen molar-refractivity contribution in [2.75, 3.05) is 13.2 Å². The highest BCUT2D eigenvalue weighted by Gasteiger charge is 2.38. The molecule has 0 bridgehead atoms. The van der Waals surface area contributed by atoms with Crippen LogP contribution in [-0.4, -0.2) is 51.4 Å². The molecule has 2 aliphatic rings. The second-order valence-electron chi connectivity index (χ2n) is 8.75. The Labute approximate surface area is 184 Å². The van der Waals surface area contributed by atoms with Crippen LogP contribution in [0.5, 0.6) is 5.75 Å². The summed E-state index contributed by atoms with van der Waals surface area (Å²) in [6.45, 7) is 3.57. The van der Waals surface area contributed by atoms with Gasteiger partial charge in [0.1, 0.15) is 12.3 Å². The lowest BCUT2D eigenvalue weighted by molar-refractivity contribution is -0.133. The van der Waals surface area contributed by atoms with Crippen LogP contribution in [0.4, 0.5) is 0 Å². The molecular formula is C25H33N3O3. The minimum atomic E-state index is -0.0643. The number of amides is 2. The van der Waals surface area contributed by atoms with E-state index in [1.165, 1.54) is 0 Å². The molecule has 2 fully saturated rings. The second kappa shape index (κ2) is 9.58. The molecule has 0 saturated heterocycles. The second-order valence-corrected chi connectivity index (χ2v) is 8.75. The zero-order chi connectivity index (χ0) is 21.8. The number of rotatable bonds is 11. The maximum atomic E-state index is 13.2. The highest BCUT2D eigenvalue weighted by atomic mass is 16.5. The van der Waals surface area contributed by atoms with Gasteiger partial charge in [0.2, 0.25) is 5.91 Å². The van der Waals surface area contributed by atoms with Crippen LogP contribution in [0.3, 0.4) is 0 Å². The molecule has 31 heavy (non-hydrogen) atoms. The molecule has 2 aliphatic carbocycles. The number of aryl methyl sites for hydroxylation is 1. The summed E-state index contributed by atoms with van der Waals surface area (Å²) in [6, 6.07) is 11.9. The Bertz CT molecular complexity index is 897. The highest BCUT2D eigenvalue weighted by molar-refractivity contribution is 5.97. The summed E-state index contributed by atoms with van der Waals surface area (Å²) < 4.78 is 7.75. The summed E-state index contributed by atoms with van der Waals surface area (Å²) in [5.41, 5.74) is 1.73. The molecule has 0 N–H and O–H groups in total. The van der Waals surface area contributed by atoms with Crippen LogP contribution in [0.25, 0.3) is 0 Å². The lowest BCUT2D eigenvalue weighted by Gasteiger charge is -2.28. The summed E-state index contributed by atoms with van der Waals surface area (Å²) in [6.07, 6.45) is 8.14. The molecule has 0 radical (unpaired) electrons. The summed E-state index contributed by atoms with van der Waals surface area (Å²) in [4.78, 5) is 30.2. The van der Waals surface area contributed by atoms with Crippen molar-refractivity contribution in [1.29, 1.82) is 0 Å². The first-order valence-corrected chi connectivity index (χ1v) is 11.5. The van der Waals surface area contributed by atoms with Crippen molar-refractivity contribution in [1.82, 2.24) is 14.4 Å². The monoisotopic (exact) mass is 423 g/mol. The van der Waals surface area contributed by atoms with Crippen LogP contribution < -0.4 is 4.74 Å².